The Morgan fingerprint density at radius 1 is 1.13 bits per heavy atom. The van der Waals surface area contributed by atoms with Crippen molar-refractivity contribution < 1.29 is 19.1 Å². The molecule has 0 rings (SSSR count). The van der Waals surface area contributed by atoms with Crippen molar-refractivity contribution in [2.75, 3.05) is 0 Å². The van der Waals surface area contributed by atoms with E-state index in [2.05, 4.69) is 9.68 Å². The Kier molecular flexibility index (Phi) is 4.92. The average molecular weight is 240 g/mol. The summed E-state index contributed by atoms with van der Waals surface area (Å²) in [5.74, 6) is 10.2. The van der Waals surface area contributed by atoms with Crippen molar-refractivity contribution in [3.8, 4) is 0 Å². The third kappa shape index (κ3) is 2.25. The van der Waals surface area contributed by atoms with Crippen molar-refractivity contribution in [2.45, 2.75) is 51.2 Å². The molecule has 2 unspecified atom stereocenters. The summed E-state index contributed by atoms with van der Waals surface area (Å²) in [5, 5.41) is -2.70. The summed E-state index contributed by atoms with van der Waals surface area (Å²) >= 11 is 0. The van der Waals surface area contributed by atoms with E-state index in [0.29, 0.717) is 0 Å². The van der Waals surface area contributed by atoms with E-state index in [4.69, 9.17) is 11.8 Å². The van der Waals surface area contributed by atoms with E-state index in [1.54, 1.807) is 13.8 Å². The maximum Gasteiger partial charge on any atom is 0.265 e. The predicted molar refractivity (Wildman–Crippen MR) is 57.8 cm³/mol. The van der Waals surface area contributed by atoms with Crippen LogP contribution in [0.2, 0.25) is 0 Å². The SMILES string of the molecule is CCC(C)(ON)P(=O)(O)C(C)(CC)ON. The normalized spacial score (nSPS) is 23.9. The lowest BCUT2D eigenvalue weighted by Crippen LogP contribution is -2.43. The van der Waals surface area contributed by atoms with Gasteiger partial charge in [0, 0.05) is 0 Å². The lowest BCUT2D eigenvalue weighted by Gasteiger charge is -2.40. The highest BCUT2D eigenvalue weighted by molar-refractivity contribution is 7.60. The molecule has 0 aromatic rings. The second-order valence-electron chi connectivity index (χ2n) is 3.87. The number of nitrogens with two attached hydrogens (primary N) is 2. The first kappa shape index (κ1) is 15.0. The highest BCUT2D eigenvalue weighted by Crippen LogP contribution is 2.66. The fourth-order valence-electron chi connectivity index (χ4n) is 1.24. The molecule has 5 N–H and O–H groups in total. The van der Waals surface area contributed by atoms with E-state index in [1.807, 2.05) is 0 Å². The molecule has 0 saturated heterocycles. The summed E-state index contributed by atoms with van der Waals surface area (Å²) in [6.45, 7) is 6.37. The lowest BCUT2D eigenvalue weighted by molar-refractivity contribution is -0.0218. The molecule has 0 amide bonds. The van der Waals surface area contributed by atoms with Crippen molar-refractivity contribution in [3.63, 3.8) is 0 Å². The fraction of sp³-hybridized carbons (Fsp3) is 1.00. The maximum absolute atomic E-state index is 12.3. The van der Waals surface area contributed by atoms with Crippen LogP contribution in [-0.4, -0.2) is 15.6 Å². The van der Waals surface area contributed by atoms with Gasteiger partial charge in [-0.1, -0.05) is 13.8 Å². The Morgan fingerprint density at radius 2 is 1.40 bits per heavy atom. The second kappa shape index (κ2) is 4.91. The summed E-state index contributed by atoms with van der Waals surface area (Å²) in [4.78, 5) is 19.4. The maximum atomic E-state index is 12.3. The third-order valence-corrected chi connectivity index (χ3v) is 6.51. The lowest BCUT2D eigenvalue weighted by atomic mass is 10.3. The molecular formula is C8H21N2O4P. The van der Waals surface area contributed by atoms with E-state index >= 15 is 0 Å². The zero-order chi connectivity index (χ0) is 12.3. The van der Waals surface area contributed by atoms with Gasteiger partial charge in [0.2, 0.25) is 0 Å². The second-order valence-corrected chi connectivity index (χ2v) is 6.91. The third-order valence-electron chi connectivity index (χ3n) is 3.10. The molecule has 0 aliphatic carbocycles. The first-order chi connectivity index (χ1) is 6.74. The van der Waals surface area contributed by atoms with Crippen molar-refractivity contribution in [2.24, 2.45) is 11.8 Å². The highest BCUT2D eigenvalue weighted by Gasteiger charge is 2.56. The van der Waals surface area contributed by atoms with Crippen LogP contribution in [0.25, 0.3) is 0 Å². The Bertz CT molecular complexity index is 229. The topological polar surface area (TPSA) is 108 Å². The Labute approximate surface area is 90.3 Å². The van der Waals surface area contributed by atoms with Gasteiger partial charge in [-0.25, -0.2) is 11.8 Å². The van der Waals surface area contributed by atoms with Crippen LogP contribution in [0.1, 0.15) is 40.5 Å². The van der Waals surface area contributed by atoms with Crippen molar-refractivity contribution >= 4 is 7.37 Å². The van der Waals surface area contributed by atoms with E-state index < -0.39 is 18.1 Å². The number of hydrogen-bond acceptors (Lipinski definition) is 5. The minimum atomic E-state index is -3.83. The van der Waals surface area contributed by atoms with Crippen molar-refractivity contribution in [1.82, 2.24) is 0 Å². The van der Waals surface area contributed by atoms with Gasteiger partial charge < -0.3 is 4.89 Å². The van der Waals surface area contributed by atoms with Crippen LogP contribution in [0.5, 0.6) is 0 Å². The largest absolute Gasteiger partial charge is 0.340 e. The van der Waals surface area contributed by atoms with Gasteiger partial charge in [-0.05, 0) is 26.7 Å². The van der Waals surface area contributed by atoms with Gasteiger partial charge in [-0.15, -0.1) is 0 Å². The quantitative estimate of drug-likeness (QED) is 0.477. The van der Waals surface area contributed by atoms with Gasteiger partial charge >= 0.3 is 0 Å². The van der Waals surface area contributed by atoms with Gasteiger partial charge in [0.25, 0.3) is 7.37 Å². The minimum absolute atomic E-state index is 0.288. The van der Waals surface area contributed by atoms with Crippen LogP contribution in [0, 0.1) is 0 Å². The van der Waals surface area contributed by atoms with Crippen LogP contribution < -0.4 is 11.8 Å². The van der Waals surface area contributed by atoms with E-state index in [0.717, 1.165) is 0 Å². The van der Waals surface area contributed by atoms with Crippen molar-refractivity contribution in [3.05, 3.63) is 0 Å². The Morgan fingerprint density at radius 3 is 1.53 bits per heavy atom. The molecule has 0 heterocycles. The zero-order valence-corrected chi connectivity index (χ0v) is 10.6. The molecule has 0 fully saturated rings. The van der Waals surface area contributed by atoms with Crippen molar-refractivity contribution in [1.29, 1.82) is 0 Å². The van der Waals surface area contributed by atoms with Gasteiger partial charge in [0.05, 0.1) is 0 Å². The van der Waals surface area contributed by atoms with E-state index in [9.17, 15) is 9.46 Å². The van der Waals surface area contributed by atoms with E-state index in [-0.39, 0.29) is 12.8 Å². The minimum Gasteiger partial charge on any atom is -0.340 e. The van der Waals surface area contributed by atoms with E-state index in [1.165, 1.54) is 13.8 Å². The molecule has 0 aliphatic heterocycles. The van der Waals surface area contributed by atoms with Gasteiger partial charge in [-0.3, -0.25) is 14.2 Å². The van der Waals surface area contributed by atoms with Gasteiger partial charge in [-0.2, -0.15) is 0 Å². The zero-order valence-electron chi connectivity index (χ0n) is 9.69. The van der Waals surface area contributed by atoms with Crippen LogP contribution in [0.3, 0.4) is 0 Å². The summed E-state index contributed by atoms with van der Waals surface area (Å²) in [5.41, 5.74) is 0. The molecule has 0 aliphatic rings. The highest BCUT2D eigenvalue weighted by atomic mass is 31.2. The predicted octanol–water partition coefficient (Wildman–Crippen LogP) is 1.29. The Balaban J connectivity index is 5.36. The molecule has 0 aromatic carbocycles. The molecule has 15 heavy (non-hydrogen) atoms. The number of rotatable bonds is 6. The molecule has 6 nitrogen and oxygen atoms in total. The molecule has 0 bridgehead atoms. The fourth-order valence-corrected chi connectivity index (χ4v) is 3.38. The Hall–Kier alpha value is 0.0300. The first-order valence-electron chi connectivity index (χ1n) is 4.83. The molecule has 7 heteroatoms. The summed E-state index contributed by atoms with van der Waals surface area (Å²) in [6, 6.07) is 0. The molecule has 0 radical (unpaired) electrons. The summed E-state index contributed by atoms with van der Waals surface area (Å²) < 4.78 is 12.3. The van der Waals surface area contributed by atoms with Crippen LogP contribution in [0.15, 0.2) is 0 Å². The average Bonchev–Trinajstić information content (AvgIpc) is 2.26. The van der Waals surface area contributed by atoms with Crippen LogP contribution >= 0.6 is 7.37 Å². The van der Waals surface area contributed by atoms with Crippen LogP contribution in [0.4, 0.5) is 0 Å². The molecular weight excluding hydrogens is 219 g/mol. The first-order valence-corrected chi connectivity index (χ1v) is 6.49. The standard InChI is InChI=1S/C8H21N2O4P/c1-5-7(3,13-9)15(11,12)8(4,6-2)14-10/h5-6,9-10H2,1-4H3,(H,11,12). The van der Waals surface area contributed by atoms with Crippen LogP contribution in [-0.2, 0) is 14.2 Å². The summed E-state index contributed by atoms with van der Waals surface area (Å²) in [6.07, 6.45) is 0.576. The monoisotopic (exact) mass is 240 g/mol. The van der Waals surface area contributed by atoms with Gasteiger partial charge in [0.1, 0.15) is 0 Å². The van der Waals surface area contributed by atoms with Gasteiger partial charge in [0.15, 0.2) is 10.7 Å². The summed E-state index contributed by atoms with van der Waals surface area (Å²) in [7, 11) is -3.83. The molecule has 0 spiro atoms. The molecule has 92 valence electrons. The number of hydrogen-bond donors (Lipinski definition) is 3. The molecule has 0 aromatic heterocycles. The molecule has 0 saturated carbocycles. The smallest absolute Gasteiger partial charge is 0.265 e. The molecule has 2 atom stereocenters.